The van der Waals surface area contributed by atoms with Gasteiger partial charge in [-0.2, -0.15) is 11.8 Å². The van der Waals surface area contributed by atoms with Crippen LogP contribution in [0.15, 0.2) is 30.5 Å². The minimum absolute atomic E-state index is 0.390. The quantitative estimate of drug-likeness (QED) is 0.860. The minimum atomic E-state index is 0.390. The standard InChI is InChI=1S/C15H19N3S2/c1-10(9-20-3)18(2)14-11-6-4-5-7-13(11)17-8-12(14)15(16)19/h4-8,10H,9H2,1-3H3,(H2,16,19). The van der Waals surface area contributed by atoms with Crippen LogP contribution in [0.4, 0.5) is 5.69 Å². The molecule has 1 aromatic carbocycles. The predicted octanol–water partition coefficient (Wildman–Crippen LogP) is 3.06. The van der Waals surface area contributed by atoms with Crippen LogP contribution < -0.4 is 10.6 Å². The number of fused-ring (bicyclic) bond motifs is 1. The molecule has 1 heterocycles. The van der Waals surface area contributed by atoms with Crippen molar-refractivity contribution in [3.63, 3.8) is 0 Å². The largest absolute Gasteiger partial charge is 0.389 e. The van der Waals surface area contributed by atoms with Gasteiger partial charge in [0.15, 0.2) is 0 Å². The molecule has 0 radical (unpaired) electrons. The number of thiocarbonyl (C=S) groups is 1. The van der Waals surface area contributed by atoms with E-state index in [2.05, 4.69) is 36.2 Å². The smallest absolute Gasteiger partial charge is 0.107 e. The molecule has 20 heavy (non-hydrogen) atoms. The molecule has 0 amide bonds. The van der Waals surface area contributed by atoms with Gasteiger partial charge in [0, 0.05) is 30.4 Å². The van der Waals surface area contributed by atoms with Crippen molar-refractivity contribution in [2.75, 3.05) is 24.0 Å². The summed E-state index contributed by atoms with van der Waals surface area (Å²) in [6.45, 7) is 2.20. The maximum atomic E-state index is 5.88. The van der Waals surface area contributed by atoms with Crippen molar-refractivity contribution in [1.29, 1.82) is 0 Å². The Morgan fingerprint density at radius 1 is 1.45 bits per heavy atom. The lowest BCUT2D eigenvalue weighted by Crippen LogP contribution is -2.33. The molecule has 1 unspecified atom stereocenters. The third-order valence-corrected chi connectivity index (χ3v) is 4.47. The zero-order chi connectivity index (χ0) is 14.7. The summed E-state index contributed by atoms with van der Waals surface area (Å²) in [6.07, 6.45) is 3.89. The third-order valence-electron chi connectivity index (χ3n) is 3.43. The Kier molecular flexibility index (Phi) is 4.83. The van der Waals surface area contributed by atoms with Crippen LogP contribution in [0.2, 0.25) is 0 Å². The highest BCUT2D eigenvalue weighted by Crippen LogP contribution is 2.30. The van der Waals surface area contributed by atoms with Crippen molar-refractivity contribution in [2.45, 2.75) is 13.0 Å². The lowest BCUT2D eigenvalue weighted by molar-refractivity contribution is 0.767. The van der Waals surface area contributed by atoms with E-state index in [-0.39, 0.29) is 0 Å². The van der Waals surface area contributed by atoms with Crippen molar-refractivity contribution < 1.29 is 0 Å². The molecule has 0 aliphatic carbocycles. The number of pyridine rings is 1. The highest BCUT2D eigenvalue weighted by Gasteiger charge is 2.18. The molecule has 0 fully saturated rings. The first-order valence-corrected chi connectivity index (χ1v) is 8.25. The summed E-state index contributed by atoms with van der Waals surface area (Å²) in [7, 11) is 2.09. The highest BCUT2D eigenvalue weighted by atomic mass is 32.2. The number of nitrogens with zero attached hydrogens (tertiary/aromatic N) is 2. The molecule has 0 aliphatic rings. The zero-order valence-electron chi connectivity index (χ0n) is 12.0. The monoisotopic (exact) mass is 305 g/mol. The summed E-state index contributed by atoms with van der Waals surface area (Å²) in [5.74, 6) is 1.05. The number of para-hydroxylation sites is 1. The molecular weight excluding hydrogens is 286 g/mol. The van der Waals surface area contributed by atoms with Crippen LogP contribution in [0.1, 0.15) is 12.5 Å². The Morgan fingerprint density at radius 3 is 2.80 bits per heavy atom. The molecule has 3 nitrogen and oxygen atoms in total. The van der Waals surface area contributed by atoms with Crippen LogP contribution in [0.3, 0.4) is 0 Å². The highest BCUT2D eigenvalue weighted by molar-refractivity contribution is 7.98. The second-order valence-corrected chi connectivity index (χ2v) is 6.17. The molecule has 2 rings (SSSR count). The Balaban J connectivity index is 2.63. The average molecular weight is 305 g/mol. The van der Waals surface area contributed by atoms with Crippen LogP contribution in [0, 0.1) is 0 Å². The van der Waals surface area contributed by atoms with Crippen LogP contribution in [-0.4, -0.2) is 35.1 Å². The number of benzene rings is 1. The summed E-state index contributed by atoms with van der Waals surface area (Å²) in [5, 5.41) is 1.09. The van der Waals surface area contributed by atoms with Crippen molar-refractivity contribution in [1.82, 2.24) is 4.98 Å². The van der Waals surface area contributed by atoms with E-state index in [4.69, 9.17) is 18.0 Å². The number of aromatic nitrogens is 1. The second kappa shape index (κ2) is 6.41. The van der Waals surface area contributed by atoms with E-state index in [0.717, 1.165) is 27.9 Å². The van der Waals surface area contributed by atoms with Gasteiger partial charge < -0.3 is 10.6 Å². The number of nitrogens with two attached hydrogens (primary N) is 1. The average Bonchev–Trinajstić information content (AvgIpc) is 2.45. The summed E-state index contributed by atoms with van der Waals surface area (Å²) in [4.78, 5) is 7.09. The first-order chi connectivity index (χ1) is 9.56. The molecule has 0 bridgehead atoms. The number of rotatable bonds is 5. The number of hydrogen-bond acceptors (Lipinski definition) is 4. The summed E-state index contributed by atoms with van der Waals surface area (Å²) in [6, 6.07) is 8.48. The molecular formula is C15H19N3S2. The maximum Gasteiger partial charge on any atom is 0.107 e. The Morgan fingerprint density at radius 2 is 2.15 bits per heavy atom. The fourth-order valence-electron chi connectivity index (χ4n) is 2.26. The fraction of sp³-hybridized carbons (Fsp3) is 0.333. The van der Waals surface area contributed by atoms with E-state index in [9.17, 15) is 0 Å². The SMILES string of the molecule is CSCC(C)N(C)c1c(C(N)=S)cnc2ccccc12. The summed E-state index contributed by atoms with van der Waals surface area (Å²) >= 11 is 7.02. The van der Waals surface area contributed by atoms with Crippen molar-refractivity contribution in [3.8, 4) is 0 Å². The van der Waals surface area contributed by atoms with E-state index >= 15 is 0 Å². The van der Waals surface area contributed by atoms with Crippen molar-refractivity contribution in [3.05, 3.63) is 36.0 Å². The number of hydrogen-bond donors (Lipinski definition) is 1. The third kappa shape index (κ3) is 2.88. The van der Waals surface area contributed by atoms with Crippen LogP contribution in [0.25, 0.3) is 10.9 Å². The van der Waals surface area contributed by atoms with Gasteiger partial charge >= 0.3 is 0 Å². The van der Waals surface area contributed by atoms with Crippen LogP contribution in [-0.2, 0) is 0 Å². The van der Waals surface area contributed by atoms with Gasteiger partial charge in [0.05, 0.1) is 16.8 Å². The zero-order valence-corrected chi connectivity index (χ0v) is 13.6. The van der Waals surface area contributed by atoms with Gasteiger partial charge in [-0.05, 0) is 19.2 Å². The number of anilines is 1. The molecule has 0 saturated heterocycles. The van der Waals surface area contributed by atoms with Gasteiger partial charge in [0.1, 0.15) is 4.99 Å². The second-order valence-electron chi connectivity index (χ2n) is 4.82. The minimum Gasteiger partial charge on any atom is -0.389 e. The fourth-order valence-corrected chi connectivity index (χ4v) is 3.12. The Labute approximate surface area is 129 Å². The first-order valence-electron chi connectivity index (χ1n) is 6.45. The van der Waals surface area contributed by atoms with Gasteiger partial charge in [-0.3, -0.25) is 4.98 Å². The molecule has 2 N–H and O–H groups in total. The predicted molar refractivity (Wildman–Crippen MR) is 93.9 cm³/mol. The Bertz CT molecular complexity index is 628. The normalized spacial score (nSPS) is 12.3. The Hall–Kier alpha value is -1.33. The molecule has 0 saturated carbocycles. The molecule has 0 spiro atoms. The summed E-state index contributed by atoms with van der Waals surface area (Å²) in [5.41, 5.74) is 8.76. The van der Waals surface area contributed by atoms with E-state index in [1.54, 1.807) is 6.20 Å². The van der Waals surface area contributed by atoms with Crippen molar-refractivity contribution in [2.24, 2.45) is 5.73 Å². The lowest BCUT2D eigenvalue weighted by atomic mass is 10.1. The summed E-state index contributed by atoms with van der Waals surface area (Å²) < 4.78 is 0. The van der Waals surface area contributed by atoms with E-state index in [0.29, 0.717) is 11.0 Å². The first kappa shape index (κ1) is 15.1. The molecule has 2 aromatic rings. The van der Waals surface area contributed by atoms with Gasteiger partial charge in [-0.25, -0.2) is 0 Å². The molecule has 106 valence electrons. The molecule has 5 heteroatoms. The van der Waals surface area contributed by atoms with E-state index in [1.807, 2.05) is 30.0 Å². The van der Waals surface area contributed by atoms with Gasteiger partial charge in [0.25, 0.3) is 0 Å². The molecule has 1 atom stereocenters. The molecule has 0 aliphatic heterocycles. The van der Waals surface area contributed by atoms with Crippen LogP contribution >= 0.6 is 24.0 Å². The lowest BCUT2D eigenvalue weighted by Gasteiger charge is -2.29. The van der Waals surface area contributed by atoms with Gasteiger partial charge in [0.2, 0.25) is 0 Å². The van der Waals surface area contributed by atoms with Crippen LogP contribution in [0.5, 0.6) is 0 Å². The van der Waals surface area contributed by atoms with Gasteiger partial charge in [-0.1, -0.05) is 30.4 Å². The number of thioether (sulfide) groups is 1. The molecule has 1 aromatic heterocycles. The topological polar surface area (TPSA) is 42.1 Å². The maximum absolute atomic E-state index is 5.88. The van der Waals surface area contributed by atoms with E-state index in [1.165, 1.54) is 0 Å². The van der Waals surface area contributed by atoms with E-state index < -0.39 is 0 Å². The van der Waals surface area contributed by atoms with Gasteiger partial charge in [-0.15, -0.1) is 0 Å². The van der Waals surface area contributed by atoms with Crippen molar-refractivity contribution >= 4 is 45.6 Å².